The Kier molecular flexibility index (Phi) is 14.0. The van der Waals surface area contributed by atoms with E-state index in [2.05, 4.69) is 15.5 Å². The van der Waals surface area contributed by atoms with Gasteiger partial charge in [-0.1, -0.05) is 75.3 Å². The van der Waals surface area contributed by atoms with E-state index < -0.39 is 34.1 Å². The molecule has 4 rings (SSSR count). The van der Waals surface area contributed by atoms with E-state index in [-0.39, 0.29) is 48.8 Å². The zero-order valence-electron chi connectivity index (χ0n) is 29.3. The van der Waals surface area contributed by atoms with Crippen LogP contribution < -0.4 is 5.32 Å². The molecule has 0 bridgehead atoms. The third kappa shape index (κ3) is 10.2. The van der Waals surface area contributed by atoms with Gasteiger partial charge in [0.15, 0.2) is 0 Å². The van der Waals surface area contributed by atoms with Gasteiger partial charge in [-0.25, -0.2) is 18.2 Å². The third-order valence-corrected chi connectivity index (χ3v) is 11.2. The van der Waals surface area contributed by atoms with Gasteiger partial charge in [0.05, 0.1) is 35.9 Å². The average Bonchev–Trinajstić information content (AvgIpc) is 3.67. The number of aliphatic hydroxyl groups excluding tert-OH is 1. The highest BCUT2D eigenvalue weighted by atomic mass is 32.2. The Morgan fingerprint density at radius 3 is 2.38 bits per heavy atom. The van der Waals surface area contributed by atoms with Gasteiger partial charge < -0.3 is 25.0 Å². The maximum absolute atomic E-state index is 14.1. The normalized spacial score (nSPS) is 15.6. The minimum Gasteiger partial charge on any atom is -0.390 e. The second-order valence-electron chi connectivity index (χ2n) is 13.3. The fourth-order valence-electron chi connectivity index (χ4n) is 6.04. The molecule has 50 heavy (non-hydrogen) atoms. The number of benzene rings is 2. The lowest BCUT2D eigenvalue weighted by Gasteiger charge is -2.34. The Morgan fingerprint density at radius 2 is 1.76 bits per heavy atom. The summed E-state index contributed by atoms with van der Waals surface area (Å²) >= 11 is 1.46. The number of carbonyl (C=O) groups is 2. The summed E-state index contributed by atoms with van der Waals surface area (Å²) in [5, 5.41) is 20.3. The number of nitroso groups, excluding NO2 is 1. The van der Waals surface area contributed by atoms with Gasteiger partial charge in [0.2, 0.25) is 15.9 Å². The molecule has 3 atom stereocenters. The fraction of sp³-hybridized carbons (Fsp3) is 0.514. The van der Waals surface area contributed by atoms with E-state index in [4.69, 9.17) is 4.74 Å². The van der Waals surface area contributed by atoms with Gasteiger partial charge in [-0.3, -0.25) is 4.79 Å². The molecular weight excluding hydrogens is 681 g/mol. The number of aliphatic hydroxyl groups is 1. The van der Waals surface area contributed by atoms with E-state index in [9.17, 15) is 28.0 Å². The van der Waals surface area contributed by atoms with Crippen LogP contribution in [0.4, 0.5) is 4.79 Å². The molecule has 15 heteroatoms. The Morgan fingerprint density at radius 1 is 1.06 bits per heavy atom. The van der Waals surface area contributed by atoms with Crippen molar-refractivity contribution in [1.29, 1.82) is 0 Å². The van der Waals surface area contributed by atoms with Crippen LogP contribution in [0.5, 0.6) is 0 Å². The first-order chi connectivity index (χ1) is 23.8. The Balaban J connectivity index is 1.55. The quantitative estimate of drug-likeness (QED) is 0.173. The van der Waals surface area contributed by atoms with Crippen LogP contribution in [0.1, 0.15) is 49.5 Å². The summed E-state index contributed by atoms with van der Waals surface area (Å²) in [7, 11) is -2.46. The summed E-state index contributed by atoms with van der Waals surface area (Å²) < 4.78 is 34.1. The van der Waals surface area contributed by atoms with Crippen molar-refractivity contribution in [3.63, 3.8) is 0 Å². The van der Waals surface area contributed by atoms with Crippen molar-refractivity contribution in [2.75, 3.05) is 33.3 Å². The first kappa shape index (κ1) is 39.0. The molecule has 13 nitrogen and oxygen atoms in total. The fourth-order valence-corrected chi connectivity index (χ4v) is 8.42. The molecule has 0 unspecified atom stereocenters. The van der Waals surface area contributed by atoms with Crippen LogP contribution in [0.15, 0.2) is 70.0 Å². The maximum atomic E-state index is 14.1. The molecule has 1 aliphatic rings. The molecule has 2 N–H and O–H groups in total. The zero-order valence-corrected chi connectivity index (χ0v) is 30.9. The lowest BCUT2D eigenvalue weighted by atomic mass is 9.97. The number of thiazole rings is 1. The van der Waals surface area contributed by atoms with Crippen molar-refractivity contribution in [1.82, 2.24) is 24.4 Å². The van der Waals surface area contributed by atoms with E-state index in [1.807, 2.05) is 63.4 Å². The Hall–Kier alpha value is -3.76. The van der Waals surface area contributed by atoms with Crippen LogP contribution in [0.3, 0.4) is 0 Å². The van der Waals surface area contributed by atoms with Crippen LogP contribution in [0, 0.1) is 16.7 Å². The highest BCUT2D eigenvalue weighted by Crippen LogP contribution is 2.23. The number of aromatic nitrogens is 1. The van der Waals surface area contributed by atoms with Crippen molar-refractivity contribution in [3.8, 4) is 0 Å². The predicted octanol–water partition coefficient (Wildman–Crippen LogP) is 4.25. The Bertz CT molecular complexity index is 1670. The molecule has 1 fully saturated rings. The molecule has 1 aliphatic heterocycles. The van der Waals surface area contributed by atoms with Gasteiger partial charge in [0.25, 0.3) is 0 Å². The van der Waals surface area contributed by atoms with Crippen molar-refractivity contribution in [2.45, 2.75) is 76.9 Å². The van der Waals surface area contributed by atoms with Crippen LogP contribution in [0.25, 0.3) is 0 Å². The summed E-state index contributed by atoms with van der Waals surface area (Å²) in [6.07, 6.45) is -1.06. The molecular formula is C35H48N6O7S2. The van der Waals surface area contributed by atoms with Crippen LogP contribution >= 0.6 is 11.3 Å². The second-order valence-corrected chi connectivity index (χ2v) is 16.2. The van der Waals surface area contributed by atoms with Crippen molar-refractivity contribution in [3.05, 3.63) is 86.7 Å². The van der Waals surface area contributed by atoms with E-state index in [0.717, 1.165) is 16.3 Å². The summed E-state index contributed by atoms with van der Waals surface area (Å²) in [6.45, 7) is 8.76. The number of amides is 3. The van der Waals surface area contributed by atoms with Crippen LogP contribution in [0.2, 0.25) is 0 Å². The van der Waals surface area contributed by atoms with Crippen molar-refractivity contribution in [2.24, 2.45) is 17.0 Å². The van der Waals surface area contributed by atoms with E-state index in [1.54, 1.807) is 29.0 Å². The molecule has 0 saturated carbocycles. The SMILES string of the molecule is COCc1nc(CN2CCN([C@H](C(=O)N[C@@H](Cc3ccccc3)[C@H](O)CN(CC(C)C)S(=O)(=O)c3ccc(CN=O)cc3)C(C)C)C2=O)cs1. The molecule has 1 saturated heterocycles. The number of nitrogens with zero attached hydrogens (tertiary/aromatic N) is 5. The van der Waals surface area contributed by atoms with Crippen LogP contribution in [-0.4, -0.2) is 96.0 Å². The van der Waals surface area contributed by atoms with Gasteiger partial charge in [-0.05, 0) is 41.5 Å². The highest BCUT2D eigenvalue weighted by Gasteiger charge is 2.40. The lowest BCUT2D eigenvalue weighted by Crippen LogP contribution is -2.57. The van der Waals surface area contributed by atoms with Gasteiger partial charge in [0, 0.05) is 38.7 Å². The molecule has 272 valence electrons. The molecule has 2 aromatic carbocycles. The van der Waals surface area contributed by atoms with Crippen molar-refractivity contribution < 1.29 is 27.9 Å². The Labute approximate surface area is 298 Å². The molecule has 2 heterocycles. The topological polar surface area (TPSA) is 162 Å². The number of hydrogen-bond donors (Lipinski definition) is 2. The van der Waals surface area contributed by atoms with E-state index >= 15 is 0 Å². The largest absolute Gasteiger partial charge is 0.390 e. The number of hydrogen-bond acceptors (Lipinski definition) is 10. The highest BCUT2D eigenvalue weighted by molar-refractivity contribution is 7.89. The smallest absolute Gasteiger partial charge is 0.321 e. The van der Waals surface area contributed by atoms with Crippen molar-refractivity contribution >= 4 is 33.3 Å². The number of nitrogens with one attached hydrogen (secondary N) is 1. The summed E-state index contributed by atoms with van der Waals surface area (Å²) in [6, 6.07) is 13.3. The standard InChI is InChI=1S/C35H48N6O7S2/c1-24(2)19-40(50(46,47)29-13-11-27(12-14-29)18-36-45)21-31(42)30(17-26-9-7-6-8-10-26)38-34(43)33(25(3)4)41-16-15-39(35(41)44)20-28-23-49-32(37-28)22-48-5/h6-14,23-25,30-31,33,42H,15-22H2,1-5H3,(H,38,43)/t30-,31+,33-/m0/s1. The molecule has 0 aliphatic carbocycles. The number of urea groups is 1. The van der Waals surface area contributed by atoms with Gasteiger partial charge in [-0.15, -0.1) is 11.3 Å². The summed E-state index contributed by atoms with van der Waals surface area (Å²) in [5.74, 6) is -0.747. The molecule has 1 aromatic heterocycles. The molecule has 3 aromatic rings. The molecule has 3 amide bonds. The zero-order chi connectivity index (χ0) is 36.4. The summed E-state index contributed by atoms with van der Waals surface area (Å²) in [4.78, 5) is 46.2. The number of carbonyl (C=O) groups excluding carboxylic acids is 2. The first-order valence-corrected chi connectivity index (χ1v) is 19.0. The minimum atomic E-state index is -4.06. The average molecular weight is 729 g/mol. The minimum absolute atomic E-state index is 0.0215. The molecule has 0 spiro atoms. The number of ether oxygens (including phenoxy) is 1. The summed E-state index contributed by atoms with van der Waals surface area (Å²) in [5.41, 5.74) is 2.18. The predicted molar refractivity (Wildman–Crippen MR) is 192 cm³/mol. The van der Waals surface area contributed by atoms with E-state index in [0.29, 0.717) is 31.8 Å². The van der Waals surface area contributed by atoms with Gasteiger partial charge in [-0.2, -0.15) is 9.21 Å². The second kappa shape index (κ2) is 17.9. The number of sulfonamides is 1. The number of rotatable bonds is 19. The lowest BCUT2D eigenvalue weighted by molar-refractivity contribution is -0.128. The monoisotopic (exact) mass is 728 g/mol. The molecule has 0 radical (unpaired) electrons. The van der Waals surface area contributed by atoms with E-state index in [1.165, 1.54) is 27.8 Å². The van der Waals surface area contributed by atoms with Crippen LogP contribution in [-0.2, 0) is 45.7 Å². The third-order valence-electron chi connectivity index (χ3n) is 8.44. The maximum Gasteiger partial charge on any atom is 0.321 e. The van der Waals surface area contributed by atoms with Gasteiger partial charge >= 0.3 is 6.03 Å². The number of methoxy groups -OCH3 is 1. The first-order valence-electron chi connectivity index (χ1n) is 16.7. The van der Waals surface area contributed by atoms with Gasteiger partial charge in [0.1, 0.15) is 17.6 Å².